The second kappa shape index (κ2) is 10.4. The van der Waals surface area contributed by atoms with Gasteiger partial charge in [0.15, 0.2) is 0 Å². The lowest BCUT2D eigenvalue weighted by Gasteiger charge is -2.20. The quantitative estimate of drug-likeness (QED) is 0.511. The van der Waals surface area contributed by atoms with Crippen LogP contribution < -0.4 is 5.73 Å². The summed E-state index contributed by atoms with van der Waals surface area (Å²) in [7, 11) is 0. The van der Waals surface area contributed by atoms with Crippen molar-refractivity contribution in [3.8, 4) is 0 Å². The number of nitrogens with two attached hydrogens (primary N) is 1. The van der Waals surface area contributed by atoms with Crippen molar-refractivity contribution in [3.63, 3.8) is 0 Å². The maximum atomic E-state index is 10.6. The van der Waals surface area contributed by atoms with Crippen LogP contribution in [0, 0.1) is 0 Å². The van der Waals surface area contributed by atoms with Gasteiger partial charge in [-0.15, -0.1) is 0 Å². The van der Waals surface area contributed by atoms with Crippen molar-refractivity contribution in [3.05, 3.63) is 0 Å². The Bertz CT molecular complexity index is 199. The van der Waals surface area contributed by atoms with Crippen LogP contribution in [0.25, 0.3) is 0 Å². The van der Waals surface area contributed by atoms with Crippen LogP contribution in [0.2, 0.25) is 0 Å². The Morgan fingerprint density at radius 1 is 1.24 bits per heavy atom. The van der Waals surface area contributed by atoms with E-state index in [2.05, 4.69) is 6.92 Å². The Morgan fingerprint density at radius 2 is 1.82 bits per heavy atom. The van der Waals surface area contributed by atoms with E-state index >= 15 is 0 Å². The molecule has 0 saturated heterocycles. The molecule has 5 heteroatoms. The molecule has 0 aliphatic rings. The molecular formula is C12H25NO4. The Balaban J connectivity index is 3.72. The molecule has 1 amide bonds. The van der Waals surface area contributed by atoms with Crippen LogP contribution in [-0.2, 0) is 4.74 Å². The summed E-state index contributed by atoms with van der Waals surface area (Å²) in [6, 6.07) is 0. The molecular weight excluding hydrogens is 222 g/mol. The van der Waals surface area contributed by atoms with E-state index in [1.165, 1.54) is 19.3 Å². The van der Waals surface area contributed by atoms with Crippen molar-refractivity contribution in [2.45, 2.75) is 64.1 Å². The first kappa shape index (κ1) is 16.2. The van der Waals surface area contributed by atoms with Crippen LogP contribution in [-0.4, -0.2) is 35.1 Å². The number of aliphatic hydroxyl groups excluding tert-OH is 2. The maximum Gasteiger partial charge on any atom is 0.404 e. The van der Waals surface area contributed by atoms with Crippen molar-refractivity contribution in [1.82, 2.24) is 0 Å². The minimum absolute atomic E-state index is 0.423. The Morgan fingerprint density at radius 3 is 2.35 bits per heavy atom. The molecule has 0 heterocycles. The molecule has 0 aromatic carbocycles. The number of carbonyl (C=O) groups excluding carboxylic acids is 1. The highest BCUT2D eigenvalue weighted by Gasteiger charge is 2.21. The lowest BCUT2D eigenvalue weighted by Crippen LogP contribution is -2.35. The molecule has 2 atom stereocenters. The number of unbranched alkanes of at least 4 members (excludes halogenated alkanes) is 5. The summed E-state index contributed by atoms with van der Waals surface area (Å²) < 4.78 is 4.76. The predicted molar refractivity (Wildman–Crippen MR) is 65.5 cm³/mol. The third-order valence-electron chi connectivity index (χ3n) is 2.73. The number of aliphatic hydroxyl groups is 2. The monoisotopic (exact) mass is 247 g/mol. The highest BCUT2D eigenvalue weighted by atomic mass is 16.6. The van der Waals surface area contributed by atoms with Crippen LogP contribution >= 0.6 is 0 Å². The predicted octanol–water partition coefficient (Wildman–Crippen LogP) is 1.55. The SMILES string of the molecule is CCCCCCCCC(OC(N)=O)C(O)CO. The van der Waals surface area contributed by atoms with Gasteiger partial charge in [0.25, 0.3) is 0 Å². The molecule has 0 fully saturated rings. The van der Waals surface area contributed by atoms with Gasteiger partial charge in [-0.1, -0.05) is 39.0 Å². The molecule has 2 unspecified atom stereocenters. The zero-order valence-corrected chi connectivity index (χ0v) is 10.6. The van der Waals surface area contributed by atoms with Crippen molar-refractivity contribution in [2.75, 3.05) is 6.61 Å². The Labute approximate surface area is 103 Å². The summed E-state index contributed by atoms with van der Waals surface area (Å²) in [5, 5.41) is 18.2. The van der Waals surface area contributed by atoms with E-state index in [-0.39, 0.29) is 0 Å². The van der Waals surface area contributed by atoms with Crippen LogP contribution in [0.5, 0.6) is 0 Å². The second-order valence-electron chi connectivity index (χ2n) is 4.28. The first-order valence-corrected chi connectivity index (χ1v) is 6.36. The zero-order valence-electron chi connectivity index (χ0n) is 10.6. The van der Waals surface area contributed by atoms with Gasteiger partial charge in [-0.3, -0.25) is 0 Å². The van der Waals surface area contributed by atoms with Gasteiger partial charge < -0.3 is 20.7 Å². The van der Waals surface area contributed by atoms with Crippen LogP contribution in [0.4, 0.5) is 4.79 Å². The molecule has 0 aliphatic carbocycles. The third-order valence-corrected chi connectivity index (χ3v) is 2.73. The van der Waals surface area contributed by atoms with E-state index < -0.39 is 24.9 Å². The van der Waals surface area contributed by atoms with E-state index in [1.54, 1.807) is 0 Å². The molecule has 5 nitrogen and oxygen atoms in total. The minimum Gasteiger partial charge on any atom is -0.444 e. The number of amides is 1. The lowest BCUT2D eigenvalue weighted by molar-refractivity contribution is -0.0258. The second-order valence-corrected chi connectivity index (χ2v) is 4.28. The molecule has 17 heavy (non-hydrogen) atoms. The molecule has 0 radical (unpaired) electrons. The average molecular weight is 247 g/mol. The molecule has 0 aliphatic heterocycles. The lowest BCUT2D eigenvalue weighted by atomic mass is 10.0. The van der Waals surface area contributed by atoms with Crippen LogP contribution in [0.3, 0.4) is 0 Å². The average Bonchev–Trinajstić information content (AvgIpc) is 2.30. The highest BCUT2D eigenvalue weighted by molar-refractivity contribution is 5.64. The van der Waals surface area contributed by atoms with Gasteiger partial charge in [-0.05, 0) is 12.8 Å². The summed E-state index contributed by atoms with van der Waals surface area (Å²) in [5.41, 5.74) is 4.90. The smallest absolute Gasteiger partial charge is 0.404 e. The summed E-state index contributed by atoms with van der Waals surface area (Å²) in [5.74, 6) is 0. The molecule has 0 rings (SSSR count). The topological polar surface area (TPSA) is 92.8 Å². The summed E-state index contributed by atoms with van der Waals surface area (Å²) in [4.78, 5) is 10.6. The largest absolute Gasteiger partial charge is 0.444 e. The Hall–Kier alpha value is -0.810. The van der Waals surface area contributed by atoms with E-state index in [0.29, 0.717) is 6.42 Å². The number of hydrogen-bond donors (Lipinski definition) is 3. The van der Waals surface area contributed by atoms with Gasteiger partial charge in [0.2, 0.25) is 0 Å². The Kier molecular flexibility index (Phi) is 9.86. The minimum atomic E-state index is -1.04. The highest BCUT2D eigenvalue weighted by Crippen LogP contribution is 2.13. The molecule has 0 saturated carbocycles. The van der Waals surface area contributed by atoms with Crippen LogP contribution in [0.15, 0.2) is 0 Å². The number of hydrogen-bond acceptors (Lipinski definition) is 4. The fraction of sp³-hybridized carbons (Fsp3) is 0.917. The molecule has 0 spiro atoms. The maximum absolute atomic E-state index is 10.6. The standard InChI is InChI=1S/C12H25NO4/c1-2-3-4-5-6-7-8-11(10(15)9-14)17-12(13)16/h10-11,14-15H,2-9H2,1H3,(H2,13,16). The molecule has 4 N–H and O–H groups in total. The summed E-state index contributed by atoms with van der Waals surface area (Å²) in [6.45, 7) is 1.74. The molecule has 0 bridgehead atoms. The van der Waals surface area contributed by atoms with E-state index in [9.17, 15) is 9.90 Å². The number of ether oxygens (including phenoxy) is 1. The first-order chi connectivity index (χ1) is 8.11. The van der Waals surface area contributed by atoms with Gasteiger partial charge in [0.1, 0.15) is 12.2 Å². The number of carbonyl (C=O) groups is 1. The molecule has 102 valence electrons. The van der Waals surface area contributed by atoms with Crippen LogP contribution in [0.1, 0.15) is 51.9 Å². The van der Waals surface area contributed by atoms with Gasteiger partial charge >= 0.3 is 6.09 Å². The molecule has 0 aromatic rings. The number of primary amides is 1. The van der Waals surface area contributed by atoms with Crippen molar-refractivity contribution < 1.29 is 19.7 Å². The van der Waals surface area contributed by atoms with Crippen molar-refractivity contribution in [2.24, 2.45) is 5.73 Å². The molecule has 0 aromatic heterocycles. The first-order valence-electron chi connectivity index (χ1n) is 6.36. The fourth-order valence-electron chi connectivity index (χ4n) is 1.72. The normalized spacial score (nSPS) is 14.3. The van der Waals surface area contributed by atoms with Gasteiger partial charge in [-0.2, -0.15) is 0 Å². The van der Waals surface area contributed by atoms with Crippen molar-refractivity contribution in [1.29, 1.82) is 0 Å². The number of rotatable bonds is 10. The van der Waals surface area contributed by atoms with Gasteiger partial charge in [-0.25, -0.2) is 4.79 Å². The van der Waals surface area contributed by atoms with Crippen molar-refractivity contribution >= 4 is 6.09 Å². The summed E-state index contributed by atoms with van der Waals surface area (Å²) in [6.07, 6.45) is 4.59. The zero-order chi connectivity index (χ0) is 13.1. The van der Waals surface area contributed by atoms with Gasteiger partial charge in [0.05, 0.1) is 6.61 Å². The van der Waals surface area contributed by atoms with E-state index in [4.69, 9.17) is 15.6 Å². The third kappa shape index (κ3) is 8.94. The fourth-order valence-corrected chi connectivity index (χ4v) is 1.72. The van der Waals surface area contributed by atoms with E-state index in [1.807, 2.05) is 0 Å². The summed E-state index contributed by atoms with van der Waals surface area (Å²) >= 11 is 0. The van der Waals surface area contributed by atoms with E-state index in [0.717, 1.165) is 19.3 Å². The van der Waals surface area contributed by atoms with Gasteiger partial charge in [0, 0.05) is 0 Å².